The monoisotopic (exact) mass is 294 g/mol. The summed E-state index contributed by atoms with van der Waals surface area (Å²) in [6.07, 6.45) is 4.25. The Morgan fingerprint density at radius 3 is 2.95 bits per heavy atom. The largest absolute Gasteiger partial charge is 0.494 e. The second kappa shape index (κ2) is 7.41. The molecular formula is C16H23FN2O2. The highest BCUT2D eigenvalue weighted by atomic mass is 19.1. The quantitative estimate of drug-likeness (QED) is 0.926. The van der Waals surface area contributed by atoms with Gasteiger partial charge in [0.25, 0.3) is 0 Å². The van der Waals surface area contributed by atoms with E-state index in [9.17, 15) is 9.18 Å². The number of methoxy groups -OCH3 is 1. The Morgan fingerprint density at radius 2 is 2.24 bits per heavy atom. The molecule has 0 saturated carbocycles. The number of nitrogens with zero attached hydrogens (tertiary/aromatic N) is 1. The molecule has 5 heteroatoms. The zero-order valence-corrected chi connectivity index (χ0v) is 12.7. The predicted octanol–water partition coefficient (Wildman–Crippen LogP) is 2.32. The van der Waals surface area contributed by atoms with Gasteiger partial charge in [0.05, 0.1) is 13.2 Å². The summed E-state index contributed by atoms with van der Waals surface area (Å²) in [7, 11) is 3.20. The molecule has 0 radical (unpaired) electrons. The summed E-state index contributed by atoms with van der Waals surface area (Å²) in [4.78, 5) is 14.1. The molecule has 0 aromatic heterocycles. The van der Waals surface area contributed by atoms with Gasteiger partial charge in [0.1, 0.15) is 0 Å². The highest BCUT2D eigenvalue weighted by molar-refractivity contribution is 5.81. The van der Waals surface area contributed by atoms with E-state index in [-0.39, 0.29) is 17.7 Å². The molecule has 1 amide bonds. The summed E-state index contributed by atoms with van der Waals surface area (Å²) >= 11 is 0. The molecule has 1 atom stereocenters. The number of amides is 1. The van der Waals surface area contributed by atoms with Gasteiger partial charge in [-0.15, -0.1) is 0 Å². The smallest absolute Gasteiger partial charge is 0.239 e. The van der Waals surface area contributed by atoms with E-state index >= 15 is 0 Å². The standard InChI is InChI=1S/C16H23FN2O2/c1-19(16(20)14-6-4-3-5-9-18-14)11-12-7-8-15(21-2)13(17)10-12/h7-8,10,14,18H,3-6,9,11H2,1-2H3. The van der Waals surface area contributed by atoms with Crippen LogP contribution in [0.15, 0.2) is 18.2 Å². The van der Waals surface area contributed by atoms with Crippen LogP contribution in [0.1, 0.15) is 31.2 Å². The Balaban J connectivity index is 1.98. The van der Waals surface area contributed by atoms with Gasteiger partial charge in [-0.1, -0.05) is 18.9 Å². The molecular weight excluding hydrogens is 271 g/mol. The second-order valence-corrected chi connectivity index (χ2v) is 5.52. The first kappa shape index (κ1) is 15.8. The van der Waals surface area contributed by atoms with Crippen molar-refractivity contribution in [2.24, 2.45) is 0 Å². The number of benzene rings is 1. The maximum absolute atomic E-state index is 13.7. The van der Waals surface area contributed by atoms with Crippen molar-refractivity contribution < 1.29 is 13.9 Å². The highest BCUT2D eigenvalue weighted by Crippen LogP contribution is 2.19. The Labute approximate surface area is 125 Å². The number of carbonyl (C=O) groups is 1. The molecule has 1 unspecified atom stereocenters. The van der Waals surface area contributed by atoms with Crippen LogP contribution in [0.4, 0.5) is 4.39 Å². The number of halogens is 1. The van der Waals surface area contributed by atoms with Crippen LogP contribution in [0.5, 0.6) is 5.75 Å². The van der Waals surface area contributed by atoms with Gasteiger partial charge in [-0.05, 0) is 37.1 Å². The molecule has 2 rings (SSSR count). The molecule has 0 spiro atoms. The molecule has 1 heterocycles. The fraction of sp³-hybridized carbons (Fsp3) is 0.562. The third-order valence-electron chi connectivity index (χ3n) is 3.87. The first-order valence-corrected chi connectivity index (χ1v) is 7.42. The molecule has 1 aromatic carbocycles. The van der Waals surface area contributed by atoms with E-state index in [4.69, 9.17) is 4.74 Å². The number of hydrogen-bond donors (Lipinski definition) is 1. The zero-order chi connectivity index (χ0) is 15.2. The first-order chi connectivity index (χ1) is 10.1. The van der Waals surface area contributed by atoms with Crippen molar-refractivity contribution in [2.45, 2.75) is 38.3 Å². The number of nitrogens with one attached hydrogen (secondary N) is 1. The van der Waals surface area contributed by atoms with Crippen molar-refractivity contribution in [3.8, 4) is 5.75 Å². The summed E-state index contributed by atoms with van der Waals surface area (Å²) in [5, 5.41) is 3.29. The van der Waals surface area contributed by atoms with E-state index in [1.165, 1.54) is 19.6 Å². The lowest BCUT2D eigenvalue weighted by Crippen LogP contribution is -2.44. The second-order valence-electron chi connectivity index (χ2n) is 5.52. The van der Waals surface area contributed by atoms with E-state index in [1.54, 1.807) is 24.1 Å². The maximum Gasteiger partial charge on any atom is 0.239 e. The van der Waals surface area contributed by atoms with Gasteiger partial charge in [0, 0.05) is 13.6 Å². The number of carbonyl (C=O) groups excluding carboxylic acids is 1. The van der Waals surface area contributed by atoms with Crippen molar-refractivity contribution in [1.29, 1.82) is 0 Å². The lowest BCUT2D eigenvalue weighted by Gasteiger charge is -2.23. The van der Waals surface area contributed by atoms with Crippen molar-refractivity contribution in [3.63, 3.8) is 0 Å². The van der Waals surface area contributed by atoms with Crippen LogP contribution < -0.4 is 10.1 Å². The predicted molar refractivity (Wildman–Crippen MR) is 79.7 cm³/mol. The molecule has 4 nitrogen and oxygen atoms in total. The van der Waals surface area contributed by atoms with Crippen LogP contribution in [-0.4, -0.2) is 37.6 Å². The first-order valence-electron chi connectivity index (χ1n) is 7.42. The Bertz CT molecular complexity index is 485. The fourth-order valence-corrected chi connectivity index (χ4v) is 2.67. The van der Waals surface area contributed by atoms with Crippen LogP contribution in [0.3, 0.4) is 0 Å². The lowest BCUT2D eigenvalue weighted by molar-refractivity contribution is -0.132. The van der Waals surface area contributed by atoms with Gasteiger partial charge in [-0.3, -0.25) is 4.79 Å². The van der Waals surface area contributed by atoms with E-state index in [0.29, 0.717) is 6.54 Å². The van der Waals surface area contributed by atoms with Crippen LogP contribution in [-0.2, 0) is 11.3 Å². The fourth-order valence-electron chi connectivity index (χ4n) is 2.67. The van der Waals surface area contributed by atoms with Crippen LogP contribution in [0.25, 0.3) is 0 Å². The molecule has 1 aromatic rings. The summed E-state index contributed by atoms with van der Waals surface area (Å²) in [6, 6.07) is 4.68. The number of hydrogen-bond acceptors (Lipinski definition) is 3. The van der Waals surface area contributed by atoms with Crippen molar-refractivity contribution in [3.05, 3.63) is 29.6 Å². The van der Waals surface area contributed by atoms with Gasteiger partial charge in [-0.25, -0.2) is 4.39 Å². The van der Waals surface area contributed by atoms with E-state index in [1.807, 2.05) is 0 Å². The summed E-state index contributed by atoms with van der Waals surface area (Å²) in [6.45, 7) is 1.29. The van der Waals surface area contributed by atoms with Crippen LogP contribution in [0, 0.1) is 5.82 Å². The van der Waals surface area contributed by atoms with Crippen molar-refractivity contribution in [2.75, 3.05) is 20.7 Å². The topological polar surface area (TPSA) is 41.6 Å². The average molecular weight is 294 g/mol. The normalized spacial score (nSPS) is 18.9. The number of ether oxygens (including phenoxy) is 1. The van der Waals surface area contributed by atoms with Crippen molar-refractivity contribution in [1.82, 2.24) is 10.2 Å². The minimum absolute atomic E-state index is 0.0770. The molecule has 1 fully saturated rings. The third kappa shape index (κ3) is 4.17. The minimum atomic E-state index is -0.400. The third-order valence-corrected chi connectivity index (χ3v) is 3.87. The number of rotatable bonds is 4. The maximum atomic E-state index is 13.7. The Morgan fingerprint density at radius 1 is 1.43 bits per heavy atom. The van der Waals surface area contributed by atoms with Crippen LogP contribution in [0.2, 0.25) is 0 Å². The van der Waals surface area contributed by atoms with E-state index < -0.39 is 5.82 Å². The van der Waals surface area contributed by atoms with Crippen molar-refractivity contribution >= 4 is 5.91 Å². The number of likely N-dealkylation sites (N-methyl/N-ethyl adjacent to an activating group) is 1. The van der Waals surface area contributed by atoms with E-state index in [2.05, 4.69) is 5.32 Å². The summed E-state index contributed by atoms with van der Waals surface area (Å²) in [5.41, 5.74) is 0.762. The molecule has 1 saturated heterocycles. The van der Waals surface area contributed by atoms with Gasteiger partial charge >= 0.3 is 0 Å². The minimum Gasteiger partial charge on any atom is -0.494 e. The molecule has 21 heavy (non-hydrogen) atoms. The molecule has 1 N–H and O–H groups in total. The lowest BCUT2D eigenvalue weighted by atomic mass is 10.1. The molecule has 0 aliphatic carbocycles. The SMILES string of the molecule is COc1ccc(CN(C)C(=O)C2CCCCCN2)cc1F. The Hall–Kier alpha value is -1.62. The van der Waals surface area contributed by atoms with Gasteiger partial charge in [0.2, 0.25) is 5.91 Å². The Kier molecular flexibility index (Phi) is 5.56. The molecule has 116 valence electrons. The van der Waals surface area contributed by atoms with Gasteiger partial charge in [-0.2, -0.15) is 0 Å². The summed E-state index contributed by atoms with van der Waals surface area (Å²) < 4.78 is 18.6. The molecule has 0 bridgehead atoms. The highest BCUT2D eigenvalue weighted by Gasteiger charge is 2.22. The van der Waals surface area contributed by atoms with E-state index in [0.717, 1.165) is 31.4 Å². The zero-order valence-electron chi connectivity index (χ0n) is 12.7. The molecule has 1 aliphatic heterocycles. The molecule has 1 aliphatic rings. The summed E-state index contributed by atoms with van der Waals surface area (Å²) in [5.74, 6) is -0.102. The average Bonchev–Trinajstić information content (AvgIpc) is 2.75. The van der Waals surface area contributed by atoms with Gasteiger partial charge in [0.15, 0.2) is 11.6 Å². The van der Waals surface area contributed by atoms with Gasteiger partial charge < -0.3 is 15.0 Å². The van der Waals surface area contributed by atoms with Crippen LogP contribution >= 0.6 is 0 Å².